The minimum absolute atomic E-state index is 0.0209. The molecule has 0 unspecified atom stereocenters. The fourth-order valence-corrected chi connectivity index (χ4v) is 3.26. The Morgan fingerprint density at radius 1 is 0.840 bits per heavy atom. The molecule has 1 aliphatic carbocycles. The third-order valence-electron chi connectivity index (χ3n) is 4.68. The largest absolute Gasteiger partial charge is 0.376 e. The van der Waals surface area contributed by atoms with E-state index in [1.54, 1.807) is 0 Å². The van der Waals surface area contributed by atoms with Crippen LogP contribution in [0.1, 0.15) is 24.0 Å². The summed E-state index contributed by atoms with van der Waals surface area (Å²) in [7, 11) is 0. The maximum Gasteiger partial charge on any atom is 0.0717 e. The molecule has 0 N–H and O–H groups in total. The minimum atomic E-state index is 0.0209. The third kappa shape index (κ3) is 5.15. The molecule has 0 bridgehead atoms. The molecule has 2 heteroatoms. The zero-order valence-electron chi connectivity index (χ0n) is 14.7. The van der Waals surface area contributed by atoms with Gasteiger partial charge in [0, 0.05) is 5.41 Å². The fraction of sp³-hybridized carbons (Fsp3) is 0.304. The van der Waals surface area contributed by atoms with Crippen LogP contribution in [0.25, 0.3) is 0 Å². The zero-order valence-corrected chi connectivity index (χ0v) is 14.7. The lowest BCUT2D eigenvalue weighted by Crippen LogP contribution is -2.30. The highest BCUT2D eigenvalue weighted by Gasteiger charge is 2.34. The lowest BCUT2D eigenvalue weighted by Gasteiger charge is -2.29. The first kappa shape index (κ1) is 17.7. The van der Waals surface area contributed by atoms with Gasteiger partial charge in [0.2, 0.25) is 0 Å². The minimum Gasteiger partial charge on any atom is -0.376 e. The highest BCUT2D eigenvalue weighted by Crippen LogP contribution is 2.39. The van der Waals surface area contributed by atoms with Crippen molar-refractivity contribution in [1.82, 2.24) is 0 Å². The molecule has 0 heterocycles. The van der Waals surface area contributed by atoms with Crippen LogP contribution in [0.4, 0.5) is 0 Å². The van der Waals surface area contributed by atoms with E-state index in [2.05, 4.69) is 36.9 Å². The van der Waals surface area contributed by atoms with Gasteiger partial charge in [-0.05, 0) is 24.0 Å². The van der Waals surface area contributed by atoms with Crippen molar-refractivity contribution in [3.63, 3.8) is 0 Å². The van der Waals surface area contributed by atoms with E-state index >= 15 is 0 Å². The maximum atomic E-state index is 6.05. The van der Waals surface area contributed by atoms with Crippen molar-refractivity contribution in [2.45, 2.75) is 26.1 Å². The first-order valence-corrected chi connectivity index (χ1v) is 8.84. The molecule has 3 rings (SSSR count). The Hall–Kier alpha value is -2.16. The average molecular weight is 334 g/mol. The Morgan fingerprint density at radius 2 is 1.36 bits per heavy atom. The zero-order chi connectivity index (χ0) is 17.4. The summed E-state index contributed by atoms with van der Waals surface area (Å²) in [5, 5.41) is 0. The molecule has 0 spiro atoms. The summed E-state index contributed by atoms with van der Waals surface area (Å²) in [4.78, 5) is 0. The fourth-order valence-electron chi connectivity index (χ4n) is 3.26. The van der Waals surface area contributed by atoms with Gasteiger partial charge in [-0.3, -0.25) is 0 Å². The summed E-state index contributed by atoms with van der Waals surface area (Å²) in [6.07, 6.45) is 6.18. The Morgan fingerprint density at radius 3 is 1.80 bits per heavy atom. The van der Waals surface area contributed by atoms with Crippen molar-refractivity contribution >= 4 is 0 Å². The van der Waals surface area contributed by atoms with Gasteiger partial charge in [0.05, 0.1) is 26.4 Å². The highest BCUT2D eigenvalue weighted by atomic mass is 16.5. The molecule has 0 radical (unpaired) electrons. The van der Waals surface area contributed by atoms with Gasteiger partial charge in [0.15, 0.2) is 0 Å². The first-order chi connectivity index (χ1) is 12.3. The van der Waals surface area contributed by atoms with Gasteiger partial charge in [-0.25, -0.2) is 0 Å². The third-order valence-corrected chi connectivity index (χ3v) is 4.68. The molecule has 0 fully saturated rings. The molecule has 1 aliphatic rings. The van der Waals surface area contributed by atoms with Gasteiger partial charge >= 0.3 is 0 Å². The molecule has 0 aliphatic heterocycles. The molecule has 130 valence electrons. The molecule has 0 atom stereocenters. The van der Waals surface area contributed by atoms with Crippen molar-refractivity contribution < 1.29 is 9.47 Å². The Bertz CT molecular complexity index is 643. The molecule has 2 aromatic carbocycles. The van der Waals surface area contributed by atoms with E-state index in [-0.39, 0.29) is 5.41 Å². The second-order valence-electron chi connectivity index (χ2n) is 6.82. The molecular formula is C23H26O2. The lowest BCUT2D eigenvalue weighted by atomic mass is 9.86. The van der Waals surface area contributed by atoms with Gasteiger partial charge in [-0.15, -0.1) is 0 Å². The second kappa shape index (κ2) is 8.80. The van der Waals surface area contributed by atoms with Crippen molar-refractivity contribution in [1.29, 1.82) is 0 Å². The number of hydrogen-bond acceptors (Lipinski definition) is 2. The van der Waals surface area contributed by atoms with Crippen LogP contribution in [0.2, 0.25) is 0 Å². The van der Waals surface area contributed by atoms with Crippen LogP contribution < -0.4 is 0 Å². The van der Waals surface area contributed by atoms with Crippen molar-refractivity contribution in [2.24, 2.45) is 5.41 Å². The van der Waals surface area contributed by atoms with E-state index in [4.69, 9.17) is 9.47 Å². The summed E-state index contributed by atoms with van der Waals surface area (Å²) >= 11 is 0. The quantitative estimate of drug-likeness (QED) is 0.618. The molecule has 2 aromatic rings. The van der Waals surface area contributed by atoms with E-state index in [1.807, 2.05) is 42.5 Å². The van der Waals surface area contributed by atoms with Crippen LogP contribution in [-0.2, 0) is 22.7 Å². The lowest BCUT2D eigenvalue weighted by molar-refractivity contribution is -0.0272. The van der Waals surface area contributed by atoms with Crippen LogP contribution in [0.3, 0.4) is 0 Å². The molecule has 0 aromatic heterocycles. The van der Waals surface area contributed by atoms with Crippen LogP contribution in [-0.4, -0.2) is 13.2 Å². The summed E-state index contributed by atoms with van der Waals surface area (Å²) < 4.78 is 12.1. The number of allylic oxidation sites excluding steroid dienone is 3. The Kier molecular flexibility index (Phi) is 6.21. The number of benzene rings is 2. The molecule has 0 amide bonds. The van der Waals surface area contributed by atoms with Gasteiger partial charge in [-0.1, -0.05) is 85.0 Å². The van der Waals surface area contributed by atoms with Crippen molar-refractivity contribution in [3.8, 4) is 0 Å². The SMILES string of the molecule is C=CC1=CCC(COCc2ccccc2)(COCc2ccccc2)C1. The molecule has 25 heavy (non-hydrogen) atoms. The normalized spacial score (nSPS) is 15.8. The summed E-state index contributed by atoms with van der Waals surface area (Å²) in [5.41, 5.74) is 3.73. The predicted octanol–water partition coefficient (Wildman–Crippen LogP) is 5.31. The van der Waals surface area contributed by atoms with Crippen LogP contribution >= 0.6 is 0 Å². The predicted molar refractivity (Wildman–Crippen MR) is 102 cm³/mol. The first-order valence-electron chi connectivity index (χ1n) is 8.84. The summed E-state index contributed by atoms with van der Waals surface area (Å²) in [6.45, 7) is 6.60. The molecule has 0 saturated carbocycles. The average Bonchev–Trinajstić information content (AvgIpc) is 3.07. The van der Waals surface area contributed by atoms with Gasteiger partial charge in [0.1, 0.15) is 0 Å². The van der Waals surface area contributed by atoms with Crippen LogP contribution in [0.5, 0.6) is 0 Å². The van der Waals surface area contributed by atoms with E-state index < -0.39 is 0 Å². The van der Waals surface area contributed by atoms with Gasteiger partial charge in [0.25, 0.3) is 0 Å². The van der Waals surface area contributed by atoms with E-state index in [1.165, 1.54) is 16.7 Å². The topological polar surface area (TPSA) is 18.5 Å². The Labute approximate surface area is 150 Å². The monoisotopic (exact) mass is 334 g/mol. The number of hydrogen-bond donors (Lipinski definition) is 0. The van der Waals surface area contributed by atoms with E-state index in [0.717, 1.165) is 12.8 Å². The molecule has 0 saturated heterocycles. The van der Waals surface area contributed by atoms with Crippen LogP contribution in [0.15, 0.2) is 85.0 Å². The standard InChI is InChI=1S/C23H26O2/c1-2-20-13-14-23(15-20,18-24-16-21-9-5-3-6-10-21)19-25-17-22-11-7-4-8-12-22/h2-13H,1,14-19H2. The van der Waals surface area contributed by atoms with Gasteiger partial charge in [-0.2, -0.15) is 0 Å². The van der Waals surface area contributed by atoms with Crippen LogP contribution in [0, 0.1) is 5.41 Å². The maximum absolute atomic E-state index is 6.05. The highest BCUT2D eigenvalue weighted by molar-refractivity contribution is 5.24. The van der Waals surface area contributed by atoms with E-state index in [9.17, 15) is 0 Å². The van der Waals surface area contributed by atoms with Crippen molar-refractivity contribution in [3.05, 3.63) is 96.1 Å². The van der Waals surface area contributed by atoms with E-state index in [0.29, 0.717) is 26.4 Å². The second-order valence-corrected chi connectivity index (χ2v) is 6.82. The summed E-state index contributed by atoms with van der Waals surface area (Å²) in [5.74, 6) is 0. The van der Waals surface area contributed by atoms with Gasteiger partial charge < -0.3 is 9.47 Å². The smallest absolute Gasteiger partial charge is 0.0717 e. The molecular weight excluding hydrogens is 308 g/mol. The summed E-state index contributed by atoms with van der Waals surface area (Å²) in [6, 6.07) is 20.6. The van der Waals surface area contributed by atoms with Crippen molar-refractivity contribution in [2.75, 3.05) is 13.2 Å². The number of rotatable bonds is 9. The Balaban J connectivity index is 1.54. The molecule has 2 nitrogen and oxygen atoms in total. The number of ether oxygens (including phenoxy) is 2.